The lowest BCUT2D eigenvalue weighted by Crippen LogP contribution is -2.30. The van der Waals surface area contributed by atoms with Gasteiger partial charge >= 0.3 is 0 Å². The fraction of sp³-hybridized carbons (Fsp3) is 0.125. The zero-order valence-electron chi connectivity index (χ0n) is 28.1. The van der Waals surface area contributed by atoms with Crippen molar-refractivity contribution in [2.45, 2.75) is 37.5 Å². The molecule has 2 nitrogen and oxygen atoms in total. The second-order valence-corrected chi connectivity index (χ2v) is 13.7. The second kappa shape index (κ2) is 12.9. The molecular formula is C48H38N2. The van der Waals surface area contributed by atoms with Gasteiger partial charge in [-0.25, -0.2) is 9.97 Å². The highest BCUT2D eigenvalue weighted by atomic mass is 14.9. The van der Waals surface area contributed by atoms with Crippen molar-refractivity contribution < 1.29 is 0 Å². The first kappa shape index (κ1) is 30.2. The van der Waals surface area contributed by atoms with E-state index in [4.69, 9.17) is 9.97 Å². The van der Waals surface area contributed by atoms with Crippen LogP contribution < -0.4 is 0 Å². The summed E-state index contributed by atoms with van der Waals surface area (Å²) in [7, 11) is 0. The van der Waals surface area contributed by atoms with Crippen molar-refractivity contribution in [1.29, 1.82) is 0 Å². The van der Waals surface area contributed by atoms with Crippen molar-refractivity contribution in [3.8, 4) is 45.0 Å². The summed E-state index contributed by atoms with van der Waals surface area (Å²) >= 11 is 0. The van der Waals surface area contributed by atoms with Gasteiger partial charge in [0.05, 0.1) is 11.4 Å². The maximum absolute atomic E-state index is 5.15. The van der Waals surface area contributed by atoms with Crippen LogP contribution in [-0.2, 0) is 5.41 Å². The van der Waals surface area contributed by atoms with E-state index >= 15 is 0 Å². The fourth-order valence-corrected chi connectivity index (χ4v) is 8.20. The molecule has 0 radical (unpaired) electrons. The third-order valence-corrected chi connectivity index (χ3v) is 10.8. The number of hydrogen-bond donors (Lipinski definition) is 0. The van der Waals surface area contributed by atoms with Gasteiger partial charge in [0.1, 0.15) is 0 Å². The summed E-state index contributed by atoms with van der Waals surface area (Å²) in [5.41, 5.74) is 10.5. The Kier molecular flexibility index (Phi) is 7.78. The van der Waals surface area contributed by atoms with Gasteiger partial charge in [-0.3, -0.25) is 0 Å². The zero-order chi connectivity index (χ0) is 33.3. The molecular weight excluding hydrogens is 605 g/mol. The van der Waals surface area contributed by atoms with E-state index in [1.807, 2.05) is 6.07 Å². The fourth-order valence-electron chi connectivity index (χ4n) is 8.20. The molecule has 2 heteroatoms. The molecule has 7 aromatic carbocycles. The van der Waals surface area contributed by atoms with Gasteiger partial charge in [0.25, 0.3) is 0 Å². The molecule has 1 fully saturated rings. The maximum atomic E-state index is 5.15. The largest absolute Gasteiger partial charge is 0.228 e. The number of benzene rings is 7. The molecule has 0 amide bonds. The van der Waals surface area contributed by atoms with E-state index in [1.54, 1.807) is 0 Å². The zero-order valence-corrected chi connectivity index (χ0v) is 28.1. The molecule has 9 rings (SSSR count). The number of hydrogen-bond acceptors (Lipinski definition) is 2. The van der Waals surface area contributed by atoms with Crippen molar-refractivity contribution in [3.05, 3.63) is 181 Å². The molecule has 0 N–H and O–H groups in total. The third-order valence-electron chi connectivity index (χ3n) is 10.8. The SMILES string of the molecule is c1ccc(-c2nc(-c3ccc(C4(c5ccc(-c6cccc7ccccc67)cc5)CCCCC4)cc3)cc(-c3cccc4ccccc34)n2)cc1. The molecule has 1 saturated carbocycles. The summed E-state index contributed by atoms with van der Waals surface area (Å²) in [6, 6.07) is 61.5. The minimum Gasteiger partial charge on any atom is -0.228 e. The minimum absolute atomic E-state index is 0.00303. The Hall–Kier alpha value is -5.86. The van der Waals surface area contributed by atoms with Crippen molar-refractivity contribution in [3.63, 3.8) is 0 Å². The van der Waals surface area contributed by atoms with Crippen LogP contribution in [0.2, 0.25) is 0 Å². The van der Waals surface area contributed by atoms with Crippen LogP contribution in [0.3, 0.4) is 0 Å². The van der Waals surface area contributed by atoms with Crippen LogP contribution in [0.4, 0.5) is 0 Å². The molecule has 1 heterocycles. The molecule has 1 aliphatic carbocycles. The van der Waals surface area contributed by atoms with E-state index in [2.05, 4.69) is 164 Å². The number of rotatable bonds is 6. The summed E-state index contributed by atoms with van der Waals surface area (Å²) in [4.78, 5) is 10.3. The monoisotopic (exact) mass is 642 g/mol. The van der Waals surface area contributed by atoms with Gasteiger partial charge in [-0.15, -0.1) is 0 Å². The molecule has 1 aromatic heterocycles. The Labute approximate surface area is 294 Å². The number of nitrogens with zero attached hydrogens (tertiary/aromatic N) is 2. The highest BCUT2D eigenvalue weighted by molar-refractivity contribution is 5.97. The summed E-state index contributed by atoms with van der Waals surface area (Å²) in [5.74, 6) is 0.741. The van der Waals surface area contributed by atoms with Crippen molar-refractivity contribution in [1.82, 2.24) is 9.97 Å². The molecule has 0 atom stereocenters. The molecule has 240 valence electrons. The molecule has 0 bridgehead atoms. The maximum Gasteiger partial charge on any atom is 0.160 e. The normalized spacial score (nSPS) is 14.2. The van der Waals surface area contributed by atoms with Gasteiger partial charge in [0, 0.05) is 22.1 Å². The Morgan fingerprint density at radius 2 is 0.900 bits per heavy atom. The van der Waals surface area contributed by atoms with E-state index in [9.17, 15) is 0 Å². The minimum atomic E-state index is 0.00303. The van der Waals surface area contributed by atoms with Crippen molar-refractivity contribution in [2.24, 2.45) is 0 Å². The lowest BCUT2D eigenvalue weighted by atomic mass is 9.65. The van der Waals surface area contributed by atoms with Crippen LogP contribution in [0.25, 0.3) is 66.6 Å². The standard InChI is InChI=1S/C48H38N2/c1-3-15-38(16-4-1)47-49-45(33-46(50-47)44-22-12-18-35-14-6-8-20-43(35)44)37-25-29-40(30-26-37)48(31-9-2-10-32-48)39-27-23-36(24-28-39)42-21-11-17-34-13-5-7-19-41(34)42/h1,3-8,11-30,33H,2,9-10,31-32H2. The molecule has 50 heavy (non-hydrogen) atoms. The van der Waals surface area contributed by atoms with Crippen LogP contribution in [0, 0.1) is 0 Å². The average molecular weight is 643 g/mol. The molecule has 0 spiro atoms. The predicted molar refractivity (Wildman–Crippen MR) is 209 cm³/mol. The lowest BCUT2D eigenvalue weighted by molar-refractivity contribution is 0.346. The van der Waals surface area contributed by atoms with Gasteiger partial charge in [0.2, 0.25) is 0 Å². The topological polar surface area (TPSA) is 25.8 Å². The smallest absolute Gasteiger partial charge is 0.160 e. The Morgan fingerprint density at radius 1 is 0.380 bits per heavy atom. The van der Waals surface area contributed by atoms with Crippen LogP contribution in [0.1, 0.15) is 43.2 Å². The second-order valence-electron chi connectivity index (χ2n) is 13.7. The van der Waals surface area contributed by atoms with Crippen LogP contribution in [0.5, 0.6) is 0 Å². The lowest BCUT2D eigenvalue weighted by Gasteiger charge is -2.39. The van der Waals surface area contributed by atoms with Gasteiger partial charge in [-0.1, -0.05) is 183 Å². The molecule has 8 aromatic rings. The summed E-state index contributed by atoms with van der Waals surface area (Å²) in [6.07, 6.45) is 6.11. The number of aromatic nitrogens is 2. The Morgan fingerprint density at radius 3 is 1.56 bits per heavy atom. The van der Waals surface area contributed by atoms with Gasteiger partial charge < -0.3 is 0 Å². The van der Waals surface area contributed by atoms with Gasteiger partial charge in [-0.05, 0) is 62.7 Å². The van der Waals surface area contributed by atoms with Crippen LogP contribution >= 0.6 is 0 Å². The van der Waals surface area contributed by atoms with Crippen molar-refractivity contribution >= 4 is 21.5 Å². The Bertz CT molecular complexity index is 2430. The molecule has 0 saturated heterocycles. The highest BCUT2D eigenvalue weighted by Crippen LogP contribution is 2.46. The van der Waals surface area contributed by atoms with Crippen LogP contribution in [-0.4, -0.2) is 9.97 Å². The van der Waals surface area contributed by atoms with E-state index in [-0.39, 0.29) is 5.41 Å². The Balaban J connectivity index is 1.11. The molecule has 0 unspecified atom stereocenters. The van der Waals surface area contributed by atoms with Gasteiger partial charge in [0.15, 0.2) is 5.82 Å². The summed E-state index contributed by atoms with van der Waals surface area (Å²) in [5, 5.41) is 4.98. The van der Waals surface area contributed by atoms with E-state index in [0.29, 0.717) is 0 Å². The first-order valence-electron chi connectivity index (χ1n) is 17.9. The van der Waals surface area contributed by atoms with Gasteiger partial charge in [-0.2, -0.15) is 0 Å². The quantitative estimate of drug-likeness (QED) is 0.180. The highest BCUT2D eigenvalue weighted by Gasteiger charge is 2.35. The van der Waals surface area contributed by atoms with Crippen molar-refractivity contribution in [2.75, 3.05) is 0 Å². The molecule has 0 aliphatic heterocycles. The molecule has 1 aliphatic rings. The predicted octanol–water partition coefficient (Wildman–Crippen LogP) is 12.7. The van der Waals surface area contributed by atoms with Crippen LogP contribution in [0.15, 0.2) is 170 Å². The first-order valence-corrected chi connectivity index (χ1v) is 17.9. The number of fused-ring (bicyclic) bond motifs is 2. The first-order chi connectivity index (χ1) is 24.7. The van der Waals surface area contributed by atoms with E-state index in [1.165, 1.54) is 63.1 Å². The summed E-state index contributed by atoms with van der Waals surface area (Å²) in [6.45, 7) is 0. The third kappa shape index (κ3) is 5.47. The summed E-state index contributed by atoms with van der Waals surface area (Å²) < 4.78 is 0. The average Bonchev–Trinajstić information content (AvgIpc) is 3.21. The van der Waals surface area contributed by atoms with E-state index in [0.717, 1.165) is 46.7 Å². The van der Waals surface area contributed by atoms with E-state index < -0.39 is 0 Å².